The first kappa shape index (κ1) is 13.8. The molecule has 1 aromatic heterocycles. The van der Waals surface area contributed by atoms with Gasteiger partial charge in [0.2, 0.25) is 0 Å². The van der Waals surface area contributed by atoms with E-state index in [1.807, 2.05) is 11.3 Å². The highest BCUT2D eigenvalue weighted by atomic mass is 32.1. The number of nitrogens with zero attached hydrogens (tertiary/aromatic N) is 2. The van der Waals surface area contributed by atoms with E-state index in [0.717, 1.165) is 6.54 Å². The van der Waals surface area contributed by atoms with Crippen LogP contribution in [0.1, 0.15) is 50.6 Å². The van der Waals surface area contributed by atoms with Crippen LogP contribution in [0, 0.1) is 6.92 Å². The zero-order valence-corrected chi connectivity index (χ0v) is 12.8. The molecular weight excluding hydrogens is 242 g/mol. The molecule has 102 valence electrons. The summed E-state index contributed by atoms with van der Waals surface area (Å²) in [5.74, 6) is 0. The molecule has 18 heavy (non-hydrogen) atoms. The number of thiazole rings is 1. The maximum absolute atomic E-state index is 4.77. The Bertz CT molecular complexity index is 386. The molecule has 2 rings (SSSR count). The molecule has 3 nitrogen and oxygen atoms in total. The van der Waals surface area contributed by atoms with Crippen LogP contribution in [0.15, 0.2) is 0 Å². The van der Waals surface area contributed by atoms with Gasteiger partial charge in [-0.3, -0.25) is 0 Å². The molecule has 0 aromatic carbocycles. The maximum Gasteiger partial charge on any atom is 0.186 e. The van der Waals surface area contributed by atoms with Gasteiger partial charge in [0, 0.05) is 30.1 Å². The number of rotatable bonds is 5. The number of hydrogen-bond acceptors (Lipinski definition) is 4. The van der Waals surface area contributed by atoms with Gasteiger partial charge in [0.25, 0.3) is 0 Å². The molecule has 1 aliphatic rings. The van der Waals surface area contributed by atoms with Crippen molar-refractivity contribution in [3.8, 4) is 0 Å². The van der Waals surface area contributed by atoms with Crippen molar-refractivity contribution in [3.05, 3.63) is 10.6 Å². The van der Waals surface area contributed by atoms with Gasteiger partial charge in [0.15, 0.2) is 5.13 Å². The highest BCUT2D eigenvalue weighted by molar-refractivity contribution is 7.15. The molecule has 0 spiro atoms. The molecule has 1 N–H and O–H groups in total. The zero-order chi connectivity index (χ0) is 13.1. The average molecular weight is 267 g/mol. The maximum atomic E-state index is 4.77. The first-order valence-electron chi connectivity index (χ1n) is 7.08. The van der Waals surface area contributed by atoms with E-state index in [2.05, 4.69) is 37.9 Å². The van der Waals surface area contributed by atoms with Crippen molar-refractivity contribution in [2.75, 3.05) is 11.4 Å². The van der Waals surface area contributed by atoms with Crippen LogP contribution in [-0.2, 0) is 6.54 Å². The van der Waals surface area contributed by atoms with Gasteiger partial charge in [-0.05, 0) is 26.2 Å². The molecular formula is C14H25N3S. The second-order valence-electron chi connectivity index (χ2n) is 5.44. The molecule has 0 amide bonds. The van der Waals surface area contributed by atoms with E-state index in [0.29, 0.717) is 12.1 Å². The number of aryl methyl sites for hydroxylation is 1. The molecule has 4 heteroatoms. The SMILES string of the molecule is CCC1CCCN1c1nc(C)c(CNC(C)C)s1. The molecule has 0 saturated carbocycles. The summed E-state index contributed by atoms with van der Waals surface area (Å²) >= 11 is 1.87. The van der Waals surface area contributed by atoms with Crippen molar-refractivity contribution in [2.45, 2.75) is 65.6 Å². The van der Waals surface area contributed by atoms with Crippen LogP contribution in [0.4, 0.5) is 5.13 Å². The zero-order valence-electron chi connectivity index (χ0n) is 12.0. The topological polar surface area (TPSA) is 28.2 Å². The lowest BCUT2D eigenvalue weighted by Crippen LogP contribution is -2.28. The van der Waals surface area contributed by atoms with Gasteiger partial charge in [0.05, 0.1) is 5.69 Å². The monoisotopic (exact) mass is 267 g/mol. The summed E-state index contributed by atoms with van der Waals surface area (Å²) in [4.78, 5) is 8.67. The van der Waals surface area contributed by atoms with Gasteiger partial charge in [-0.1, -0.05) is 20.8 Å². The second kappa shape index (κ2) is 6.02. The Morgan fingerprint density at radius 1 is 1.50 bits per heavy atom. The van der Waals surface area contributed by atoms with E-state index in [-0.39, 0.29) is 0 Å². The lowest BCUT2D eigenvalue weighted by Gasteiger charge is -2.22. The Balaban J connectivity index is 2.08. The van der Waals surface area contributed by atoms with Gasteiger partial charge in [-0.2, -0.15) is 0 Å². The van der Waals surface area contributed by atoms with Crippen molar-refractivity contribution in [3.63, 3.8) is 0 Å². The third-order valence-corrected chi connectivity index (χ3v) is 4.84. The van der Waals surface area contributed by atoms with Gasteiger partial charge in [-0.25, -0.2) is 4.98 Å². The largest absolute Gasteiger partial charge is 0.345 e. The van der Waals surface area contributed by atoms with Crippen molar-refractivity contribution in [1.82, 2.24) is 10.3 Å². The first-order chi connectivity index (χ1) is 8.61. The predicted molar refractivity (Wildman–Crippen MR) is 79.5 cm³/mol. The summed E-state index contributed by atoms with van der Waals surface area (Å²) in [6.07, 6.45) is 3.88. The summed E-state index contributed by atoms with van der Waals surface area (Å²) in [7, 11) is 0. The van der Waals surface area contributed by atoms with Crippen LogP contribution in [0.25, 0.3) is 0 Å². The third kappa shape index (κ3) is 3.04. The first-order valence-corrected chi connectivity index (χ1v) is 7.89. The molecule has 1 aromatic rings. The number of hydrogen-bond donors (Lipinski definition) is 1. The molecule has 1 saturated heterocycles. The molecule has 1 aliphatic heterocycles. The number of anilines is 1. The number of aromatic nitrogens is 1. The van der Waals surface area contributed by atoms with E-state index >= 15 is 0 Å². The standard InChI is InChI=1S/C14H25N3S/c1-5-12-7-6-8-17(12)14-16-11(4)13(18-14)9-15-10(2)3/h10,12,15H,5-9H2,1-4H3. The summed E-state index contributed by atoms with van der Waals surface area (Å²) in [6, 6.07) is 1.24. The second-order valence-corrected chi connectivity index (χ2v) is 6.50. The summed E-state index contributed by atoms with van der Waals surface area (Å²) in [6.45, 7) is 10.9. The fourth-order valence-electron chi connectivity index (χ4n) is 2.51. The van der Waals surface area contributed by atoms with Gasteiger partial charge in [0.1, 0.15) is 0 Å². The van der Waals surface area contributed by atoms with E-state index in [1.54, 1.807) is 0 Å². The molecule has 0 bridgehead atoms. The van der Waals surface area contributed by atoms with Gasteiger partial charge >= 0.3 is 0 Å². The Hall–Kier alpha value is -0.610. The average Bonchev–Trinajstić information content (AvgIpc) is 2.92. The van der Waals surface area contributed by atoms with Crippen molar-refractivity contribution in [2.24, 2.45) is 0 Å². The van der Waals surface area contributed by atoms with Crippen LogP contribution in [0.2, 0.25) is 0 Å². The van der Waals surface area contributed by atoms with Crippen LogP contribution in [-0.4, -0.2) is 23.6 Å². The van der Waals surface area contributed by atoms with Gasteiger partial charge in [-0.15, -0.1) is 11.3 Å². The lowest BCUT2D eigenvalue weighted by molar-refractivity contribution is 0.591. The normalized spacial score (nSPS) is 20.1. The van der Waals surface area contributed by atoms with Gasteiger partial charge < -0.3 is 10.2 Å². The fraction of sp³-hybridized carbons (Fsp3) is 0.786. The predicted octanol–water partition coefficient (Wildman–Crippen LogP) is 3.33. The van der Waals surface area contributed by atoms with Crippen molar-refractivity contribution < 1.29 is 0 Å². The Kier molecular flexibility index (Phi) is 4.62. The highest BCUT2D eigenvalue weighted by Gasteiger charge is 2.25. The molecule has 0 aliphatic carbocycles. The molecule has 2 heterocycles. The minimum Gasteiger partial charge on any atom is -0.345 e. The number of nitrogens with one attached hydrogen (secondary N) is 1. The van der Waals surface area contributed by atoms with Crippen LogP contribution < -0.4 is 10.2 Å². The molecule has 1 unspecified atom stereocenters. The molecule has 1 atom stereocenters. The lowest BCUT2D eigenvalue weighted by atomic mass is 10.2. The van der Waals surface area contributed by atoms with Crippen LogP contribution in [0.3, 0.4) is 0 Å². The van der Waals surface area contributed by atoms with Crippen molar-refractivity contribution >= 4 is 16.5 Å². The molecule has 1 fully saturated rings. The Morgan fingerprint density at radius 2 is 2.28 bits per heavy atom. The Labute approximate surface area is 115 Å². The van der Waals surface area contributed by atoms with E-state index in [4.69, 9.17) is 4.98 Å². The minimum atomic E-state index is 0.533. The molecule has 0 radical (unpaired) electrons. The summed E-state index contributed by atoms with van der Waals surface area (Å²) < 4.78 is 0. The minimum absolute atomic E-state index is 0.533. The van der Waals surface area contributed by atoms with Crippen LogP contribution >= 0.6 is 11.3 Å². The fourth-order valence-corrected chi connectivity index (χ4v) is 3.62. The smallest absolute Gasteiger partial charge is 0.186 e. The van der Waals surface area contributed by atoms with E-state index < -0.39 is 0 Å². The van der Waals surface area contributed by atoms with E-state index in [1.165, 1.54) is 41.5 Å². The van der Waals surface area contributed by atoms with Crippen molar-refractivity contribution in [1.29, 1.82) is 0 Å². The Morgan fingerprint density at radius 3 is 2.94 bits per heavy atom. The summed E-state index contributed by atoms with van der Waals surface area (Å²) in [5, 5.41) is 4.72. The van der Waals surface area contributed by atoms with E-state index in [9.17, 15) is 0 Å². The van der Waals surface area contributed by atoms with Crippen LogP contribution in [0.5, 0.6) is 0 Å². The summed E-state index contributed by atoms with van der Waals surface area (Å²) in [5.41, 5.74) is 1.20. The third-order valence-electron chi connectivity index (χ3n) is 3.65. The quantitative estimate of drug-likeness (QED) is 0.887. The highest BCUT2D eigenvalue weighted by Crippen LogP contribution is 2.32.